The molecule has 1 atom stereocenters. The second-order valence-corrected chi connectivity index (χ2v) is 7.70. The Hall–Kier alpha value is -3.52. The van der Waals surface area contributed by atoms with Gasteiger partial charge in [-0.3, -0.25) is 9.59 Å². The zero-order chi connectivity index (χ0) is 21.9. The minimum absolute atomic E-state index is 0.128. The molecule has 0 spiro atoms. The molecule has 2 aromatic rings. The highest BCUT2D eigenvalue weighted by atomic mass is 16.6. The van der Waals surface area contributed by atoms with E-state index in [0.29, 0.717) is 62.5 Å². The number of carbonyl (C=O) groups is 2. The van der Waals surface area contributed by atoms with Crippen LogP contribution in [-0.4, -0.2) is 68.9 Å². The van der Waals surface area contributed by atoms with Gasteiger partial charge in [0, 0.05) is 19.2 Å². The summed E-state index contributed by atoms with van der Waals surface area (Å²) in [5.74, 6) is 1.53. The van der Waals surface area contributed by atoms with Gasteiger partial charge in [0.25, 0.3) is 11.8 Å². The van der Waals surface area contributed by atoms with E-state index in [2.05, 4.69) is 0 Å². The molecule has 0 bridgehead atoms. The lowest BCUT2D eigenvalue weighted by atomic mass is 10.1. The van der Waals surface area contributed by atoms with Crippen LogP contribution in [0.15, 0.2) is 48.5 Å². The minimum atomic E-state index is -0.755. The second-order valence-electron chi connectivity index (χ2n) is 7.70. The van der Waals surface area contributed by atoms with Crippen LogP contribution in [0, 0.1) is 0 Å². The Morgan fingerprint density at radius 1 is 0.906 bits per heavy atom. The highest BCUT2D eigenvalue weighted by Gasteiger charge is 2.35. The van der Waals surface area contributed by atoms with E-state index in [-0.39, 0.29) is 18.4 Å². The van der Waals surface area contributed by atoms with Gasteiger partial charge in [0.15, 0.2) is 17.6 Å². The molecule has 3 heterocycles. The molecule has 166 valence electrons. The molecule has 8 nitrogen and oxygen atoms in total. The van der Waals surface area contributed by atoms with Crippen molar-refractivity contribution in [3.05, 3.63) is 54.1 Å². The zero-order valence-electron chi connectivity index (χ0n) is 17.6. The Kier molecular flexibility index (Phi) is 5.68. The molecule has 0 unspecified atom stereocenters. The van der Waals surface area contributed by atoms with Crippen molar-refractivity contribution < 1.29 is 28.5 Å². The van der Waals surface area contributed by atoms with Crippen LogP contribution in [0.1, 0.15) is 5.56 Å². The fraction of sp³-hybridized carbons (Fsp3) is 0.333. The summed E-state index contributed by atoms with van der Waals surface area (Å²) in [7, 11) is 0. The monoisotopic (exact) mass is 436 g/mol. The second kappa shape index (κ2) is 8.92. The topological polar surface area (TPSA) is 77.5 Å². The number of hydrogen-bond acceptors (Lipinski definition) is 6. The quantitative estimate of drug-likeness (QED) is 0.686. The van der Waals surface area contributed by atoms with Crippen molar-refractivity contribution in [1.82, 2.24) is 4.90 Å². The molecule has 0 aliphatic carbocycles. The van der Waals surface area contributed by atoms with Gasteiger partial charge in [-0.15, -0.1) is 0 Å². The zero-order valence-corrected chi connectivity index (χ0v) is 17.6. The average molecular weight is 436 g/mol. The summed E-state index contributed by atoms with van der Waals surface area (Å²) in [6, 6.07) is 12.8. The number of hydrogen-bond donors (Lipinski definition) is 0. The summed E-state index contributed by atoms with van der Waals surface area (Å²) in [4.78, 5) is 29.5. The predicted molar refractivity (Wildman–Crippen MR) is 117 cm³/mol. The number of para-hydroxylation sites is 2. The number of fused-ring (bicyclic) bond motifs is 2. The van der Waals surface area contributed by atoms with Crippen molar-refractivity contribution in [3.63, 3.8) is 0 Å². The van der Waals surface area contributed by atoms with Crippen LogP contribution in [0.3, 0.4) is 0 Å². The number of amides is 2. The number of anilines is 1. The van der Waals surface area contributed by atoms with E-state index in [9.17, 15) is 9.59 Å². The molecule has 0 N–H and O–H groups in total. The first kappa shape index (κ1) is 20.4. The van der Waals surface area contributed by atoms with E-state index in [1.165, 1.54) is 6.08 Å². The van der Waals surface area contributed by atoms with Gasteiger partial charge in [-0.05, 0) is 35.9 Å². The lowest BCUT2D eigenvalue weighted by molar-refractivity contribution is -0.142. The fourth-order valence-corrected chi connectivity index (χ4v) is 3.98. The maximum atomic E-state index is 13.2. The molecule has 1 saturated heterocycles. The molecule has 2 amide bonds. The SMILES string of the molecule is O=C([C@H]1CN(C(=O)/C=C/c2ccc3c(c2)OCCO3)c2ccccc2O1)N1CCOCC1. The van der Waals surface area contributed by atoms with E-state index in [4.69, 9.17) is 18.9 Å². The summed E-state index contributed by atoms with van der Waals surface area (Å²) in [6.07, 6.45) is 2.48. The van der Waals surface area contributed by atoms with Crippen LogP contribution in [0.4, 0.5) is 5.69 Å². The Labute approximate surface area is 185 Å². The molecular formula is C24H24N2O6. The maximum Gasteiger partial charge on any atom is 0.265 e. The van der Waals surface area contributed by atoms with Gasteiger partial charge in [0.05, 0.1) is 25.4 Å². The number of nitrogens with zero attached hydrogens (tertiary/aromatic N) is 2. The molecule has 1 fully saturated rings. The van der Waals surface area contributed by atoms with Crippen molar-refractivity contribution in [2.75, 3.05) is 51.0 Å². The Morgan fingerprint density at radius 2 is 1.69 bits per heavy atom. The highest BCUT2D eigenvalue weighted by Crippen LogP contribution is 2.34. The Balaban J connectivity index is 1.35. The van der Waals surface area contributed by atoms with Crippen molar-refractivity contribution >= 4 is 23.6 Å². The standard InChI is InChI=1S/C24H24N2O6/c27-23(8-6-17-5-7-20-21(15-17)31-14-13-30-20)26-16-22(24(28)25-9-11-29-12-10-25)32-19-4-2-1-3-18(19)26/h1-8,15,22H,9-14,16H2/b8-6+/t22-/m1/s1. The van der Waals surface area contributed by atoms with Crippen molar-refractivity contribution in [1.29, 1.82) is 0 Å². The molecule has 0 radical (unpaired) electrons. The third-order valence-electron chi connectivity index (χ3n) is 5.62. The molecule has 2 aromatic carbocycles. The number of morpholine rings is 1. The van der Waals surface area contributed by atoms with E-state index >= 15 is 0 Å². The molecular weight excluding hydrogens is 412 g/mol. The summed E-state index contributed by atoms with van der Waals surface area (Å²) in [6.45, 7) is 3.25. The van der Waals surface area contributed by atoms with Gasteiger partial charge < -0.3 is 28.7 Å². The Bertz CT molecular complexity index is 1050. The van der Waals surface area contributed by atoms with Crippen LogP contribution in [0.25, 0.3) is 6.08 Å². The fourth-order valence-electron chi connectivity index (χ4n) is 3.98. The molecule has 3 aliphatic heterocycles. The first-order chi connectivity index (χ1) is 15.7. The van der Waals surface area contributed by atoms with Crippen LogP contribution in [0.2, 0.25) is 0 Å². The molecule has 0 saturated carbocycles. The molecule has 8 heteroatoms. The first-order valence-electron chi connectivity index (χ1n) is 10.7. The van der Waals surface area contributed by atoms with Gasteiger partial charge >= 0.3 is 0 Å². The van der Waals surface area contributed by atoms with Crippen molar-refractivity contribution in [3.8, 4) is 17.2 Å². The number of carbonyl (C=O) groups excluding carboxylic acids is 2. The smallest absolute Gasteiger partial charge is 0.265 e. The largest absolute Gasteiger partial charge is 0.486 e. The van der Waals surface area contributed by atoms with Crippen LogP contribution in [-0.2, 0) is 14.3 Å². The van der Waals surface area contributed by atoms with Gasteiger partial charge in [-0.1, -0.05) is 18.2 Å². The maximum absolute atomic E-state index is 13.2. The third-order valence-corrected chi connectivity index (χ3v) is 5.62. The Morgan fingerprint density at radius 3 is 2.53 bits per heavy atom. The number of benzene rings is 2. The summed E-state index contributed by atoms with van der Waals surface area (Å²) in [5.41, 5.74) is 1.47. The van der Waals surface area contributed by atoms with E-state index in [1.807, 2.05) is 36.4 Å². The lowest BCUT2D eigenvalue weighted by Crippen LogP contribution is -2.53. The van der Waals surface area contributed by atoms with Crippen LogP contribution in [0.5, 0.6) is 17.2 Å². The molecule has 5 rings (SSSR count). The number of ether oxygens (including phenoxy) is 4. The molecule has 0 aromatic heterocycles. The van der Waals surface area contributed by atoms with Gasteiger partial charge in [0.1, 0.15) is 19.0 Å². The van der Waals surface area contributed by atoms with Gasteiger partial charge in [0.2, 0.25) is 0 Å². The normalized spacial score (nSPS) is 19.9. The van der Waals surface area contributed by atoms with E-state index < -0.39 is 6.10 Å². The minimum Gasteiger partial charge on any atom is -0.486 e. The third kappa shape index (κ3) is 4.13. The average Bonchev–Trinajstić information content (AvgIpc) is 2.86. The molecule has 3 aliphatic rings. The highest BCUT2D eigenvalue weighted by molar-refractivity contribution is 6.05. The van der Waals surface area contributed by atoms with Crippen molar-refractivity contribution in [2.45, 2.75) is 6.10 Å². The van der Waals surface area contributed by atoms with Gasteiger partial charge in [-0.2, -0.15) is 0 Å². The van der Waals surface area contributed by atoms with Crippen molar-refractivity contribution in [2.24, 2.45) is 0 Å². The molecule has 32 heavy (non-hydrogen) atoms. The lowest BCUT2D eigenvalue weighted by Gasteiger charge is -2.37. The summed E-state index contributed by atoms with van der Waals surface area (Å²) in [5, 5.41) is 0. The number of rotatable bonds is 3. The van der Waals surface area contributed by atoms with E-state index in [0.717, 1.165) is 5.56 Å². The van der Waals surface area contributed by atoms with Crippen LogP contribution < -0.4 is 19.1 Å². The summed E-state index contributed by atoms with van der Waals surface area (Å²) >= 11 is 0. The predicted octanol–water partition coefficient (Wildman–Crippen LogP) is 2.12. The first-order valence-corrected chi connectivity index (χ1v) is 10.7. The summed E-state index contributed by atoms with van der Waals surface area (Å²) < 4.78 is 22.5. The van der Waals surface area contributed by atoms with Crippen LogP contribution >= 0.6 is 0 Å². The van der Waals surface area contributed by atoms with Gasteiger partial charge in [-0.25, -0.2) is 0 Å². The van der Waals surface area contributed by atoms with E-state index in [1.54, 1.807) is 21.9 Å².